The van der Waals surface area contributed by atoms with Crippen LogP contribution in [0.4, 0.5) is 0 Å². The molecule has 0 saturated heterocycles. The zero-order valence-corrected chi connectivity index (χ0v) is 20.4. The van der Waals surface area contributed by atoms with Gasteiger partial charge in [-0.1, -0.05) is 36.7 Å². The van der Waals surface area contributed by atoms with E-state index in [2.05, 4.69) is 23.2 Å². The summed E-state index contributed by atoms with van der Waals surface area (Å²) >= 11 is 1.49. The first-order valence-corrected chi connectivity index (χ1v) is 13.3. The average Bonchev–Trinajstić information content (AvgIpc) is 3.14. The molecule has 0 N–H and O–H groups in total. The third-order valence-corrected chi connectivity index (χ3v) is 9.18. The zero-order valence-electron chi connectivity index (χ0n) is 18.7. The molecule has 1 aromatic heterocycles. The van der Waals surface area contributed by atoms with E-state index in [0.717, 1.165) is 41.5 Å². The predicted molar refractivity (Wildman–Crippen MR) is 128 cm³/mol. The van der Waals surface area contributed by atoms with Gasteiger partial charge in [0.05, 0.1) is 15.1 Å². The first-order chi connectivity index (χ1) is 15.3. The number of fused-ring (bicyclic) bond motifs is 1. The molecule has 3 aromatic rings. The summed E-state index contributed by atoms with van der Waals surface area (Å²) in [7, 11) is -1.92. The van der Waals surface area contributed by atoms with Crippen LogP contribution in [-0.4, -0.2) is 36.3 Å². The topological polar surface area (TPSA) is 71.7 Å². The fourth-order valence-corrected chi connectivity index (χ4v) is 6.91. The van der Waals surface area contributed by atoms with Gasteiger partial charge in [-0.05, 0) is 68.7 Å². The molecular formula is C24H29N3O3S2. The van der Waals surface area contributed by atoms with Crippen molar-refractivity contribution in [2.24, 2.45) is 4.99 Å². The molecule has 32 heavy (non-hydrogen) atoms. The number of rotatable bonds is 5. The van der Waals surface area contributed by atoms with E-state index in [1.807, 2.05) is 18.4 Å². The van der Waals surface area contributed by atoms with Crippen LogP contribution in [-0.2, 0) is 16.6 Å². The summed E-state index contributed by atoms with van der Waals surface area (Å²) in [6, 6.07) is 12.4. The van der Waals surface area contributed by atoms with Gasteiger partial charge in [0, 0.05) is 25.2 Å². The summed E-state index contributed by atoms with van der Waals surface area (Å²) in [5.74, 6) is -0.375. The third-order valence-electron chi connectivity index (χ3n) is 6.22. The molecule has 0 spiro atoms. The Morgan fingerprint density at radius 3 is 2.47 bits per heavy atom. The molecule has 0 radical (unpaired) electrons. The number of carbonyl (C=O) groups excluding carboxylic acids is 1. The van der Waals surface area contributed by atoms with E-state index >= 15 is 0 Å². The van der Waals surface area contributed by atoms with Gasteiger partial charge in [-0.25, -0.2) is 8.42 Å². The van der Waals surface area contributed by atoms with E-state index in [1.165, 1.54) is 34.2 Å². The van der Waals surface area contributed by atoms with Crippen molar-refractivity contribution in [1.82, 2.24) is 8.87 Å². The largest absolute Gasteiger partial charge is 0.317 e. The molecule has 1 aliphatic rings. The Morgan fingerprint density at radius 2 is 1.81 bits per heavy atom. The smallest absolute Gasteiger partial charge is 0.279 e. The molecule has 1 aliphatic carbocycles. The van der Waals surface area contributed by atoms with Crippen molar-refractivity contribution >= 4 is 37.5 Å². The average molecular weight is 472 g/mol. The SMILES string of the molecule is CCn1c(=NC(=O)c2ccc(S(=O)(=O)N(C)C3CCCCC3)cc2)sc2cc(C)ccc21. The van der Waals surface area contributed by atoms with E-state index in [-0.39, 0.29) is 16.8 Å². The van der Waals surface area contributed by atoms with Gasteiger partial charge in [-0.2, -0.15) is 9.30 Å². The monoisotopic (exact) mass is 471 g/mol. The number of nitrogens with zero attached hydrogens (tertiary/aromatic N) is 3. The highest BCUT2D eigenvalue weighted by atomic mass is 32.2. The Hall–Kier alpha value is -2.29. The number of benzene rings is 2. The number of amides is 1. The Kier molecular flexibility index (Phi) is 6.65. The summed E-state index contributed by atoms with van der Waals surface area (Å²) < 4.78 is 30.7. The fourth-order valence-electron chi connectivity index (χ4n) is 4.30. The molecule has 1 fully saturated rings. The van der Waals surface area contributed by atoms with E-state index in [4.69, 9.17) is 0 Å². The lowest BCUT2D eigenvalue weighted by molar-refractivity contribution is 0.0997. The molecular weight excluding hydrogens is 442 g/mol. The summed E-state index contributed by atoms with van der Waals surface area (Å²) in [4.78, 5) is 18.0. The molecule has 2 aromatic carbocycles. The maximum absolute atomic E-state index is 13.0. The van der Waals surface area contributed by atoms with Crippen molar-refractivity contribution < 1.29 is 13.2 Å². The van der Waals surface area contributed by atoms with Gasteiger partial charge in [0.25, 0.3) is 5.91 Å². The van der Waals surface area contributed by atoms with Gasteiger partial charge in [0.1, 0.15) is 0 Å². The number of thiazole rings is 1. The van der Waals surface area contributed by atoms with Crippen molar-refractivity contribution in [3.05, 3.63) is 58.4 Å². The highest BCUT2D eigenvalue weighted by molar-refractivity contribution is 7.89. The van der Waals surface area contributed by atoms with Crippen LogP contribution in [0.15, 0.2) is 52.4 Å². The normalized spacial score (nSPS) is 16.2. The van der Waals surface area contributed by atoms with Gasteiger partial charge in [-0.15, -0.1) is 0 Å². The minimum Gasteiger partial charge on any atom is -0.317 e. The first kappa shape index (κ1) is 22.9. The molecule has 6 nitrogen and oxygen atoms in total. The maximum atomic E-state index is 13.0. The van der Waals surface area contributed by atoms with E-state index in [0.29, 0.717) is 16.9 Å². The third kappa shape index (κ3) is 4.44. The molecule has 0 atom stereocenters. The van der Waals surface area contributed by atoms with E-state index in [1.54, 1.807) is 19.2 Å². The molecule has 1 amide bonds. The van der Waals surface area contributed by atoms with Gasteiger partial charge < -0.3 is 4.57 Å². The van der Waals surface area contributed by atoms with Crippen LogP contribution in [0.3, 0.4) is 0 Å². The van der Waals surface area contributed by atoms with Crippen LogP contribution in [0, 0.1) is 6.92 Å². The maximum Gasteiger partial charge on any atom is 0.279 e. The quantitative estimate of drug-likeness (QED) is 0.540. The summed E-state index contributed by atoms with van der Waals surface area (Å²) in [6.07, 6.45) is 5.10. The fraction of sp³-hybridized carbons (Fsp3) is 0.417. The molecule has 0 bridgehead atoms. The first-order valence-electron chi connectivity index (χ1n) is 11.1. The summed E-state index contributed by atoms with van der Waals surface area (Å²) in [6.45, 7) is 4.77. The summed E-state index contributed by atoms with van der Waals surface area (Å²) in [5, 5.41) is 0. The van der Waals surface area contributed by atoms with Gasteiger partial charge in [0.15, 0.2) is 4.80 Å². The van der Waals surface area contributed by atoms with Crippen molar-refractivity contribution in [3.8, 4) is 0 Å². The second-order valence-electron chi connectivity index (χ2n) is 8.35. The van der Waals surface area contributed by atoms with Gasteiger partial charge in [0.2, 0.25) is 10.0 Å². The van der Waals surface area contributed by atoms with E-state index < -0.39 is 10.0 Å². The Balaban J connectivity index is 1.60. The Bertz CT molecular complexity index is 1300. The Labute approximate surface area is 193 Å². The summed E-state index contributed by atoms with van der Waals surface area (Å²) in [5.41, 5.74) is 2.59. The zero-order chi connectivity index (χ0) is 22.9. The van der Waals surface area contributed by atoms with E-state index in [9.17, 15) is 13.2 Å². The van der Waals surface area contributed by atoms with Crippen LogP contribution in [0.1, 0.15) is 54.9 Å². The van der Waals surface area contributed by atoms with Crippen LogP contribution in [0.5, 0.6) is 0 Å². The number of aryl methyl sites for hydroxylation is 2. The molecule has 4 rings (SSSR count). The second-order valence-corrected chi connectivity index (χ2v) is 11.4. The number of hydrogen-bond acceptors (Lipinski definition) is 4. The van der Waals surface area contributed by atoms with Crippen LogP contribution in [0.25, 0.3) is 10.2 Å². The molecule has 8 heteroatoms. The molecule has 0 unspecified atom stereocenters. The molecule has 1 heterocycles. The number of sulfonamides is 1. The number of aromatic nitrogens is 1. The van der Waals surface area contributed by atoms with Crippen molar-refractivity contribution in [3.63, 3.8) is 0 Å². The van der Waals surface area contributed by atoms with Crippen molar-refractivity contribution in [2.45, 2.75) is 63.4 Å². The Morgan fingerprint density at radius 1 is 1.12 bits per heavy atom. The second kappa shape index (κ2) is 9.29. The van der Waals surface area contributed by atoms with Crippen molar-refractivity contribution in [2.75, 3.05) is 7.05 Å². The van der Waals surface area contributed by atoms with Gasteiger partial charge in [-0.3, -0.25) is 4.79 Å². The standard InChI is InChI=1S/C24H29N3O3S2/c1-4-27-21-15-10-17(2)16-22(21)31-24(27)25-23(28)18-11-13-20(14-12-18)32(29,30)26(3)19-8-6-5-7-9-19/h10-16,19H,4-9H2,1-3H3. The highest BCUT2D eigenvalue weighted by Crippen LogP contribution is 2.26. The predicted octanol–water partition coefficient (Wildman–Crippen LogP) is 4.73. The minimum atomic E-state index is -3.58. The van der Waals surface area contributed by atoms with Crippen molar-refractivity contribution in [1.29, 1.82) is 0 Å². The number of hydrogen-bond donors (Lipinski definition) is 0. The lowest BCUT2D eigenvalue weighted by Gasteiger charge is -2.30. The van der Waals surface area contributed by atoms with Crippen LogP contribution in [0.2, 0.25) is 0 Å². The van der Waals surface area contributed by atoms with Crippen LogP contribution >= 0.6 is 11.3 Å². The lowest BCUT2D eigenvalue weighted by Crippen LogP contribution is -2.38. The number of carbonyl (C=O) groups is 1. The molecule has 1 saturated carbocycles. The highest BCUT2D eigenvalue weighted by Gasteiger charge is 2.29. The lowest BCUT2D eigenvalue weighted by atomic mass is 9.96. The van der Waals surface area contributed by atoms with Gasteiger partial charge >= 0.3 is 0 Å². The minimum absolute atomic E-state index is 0.0474. The molecule has 170 valence electrons. The van der Waals surface area contributed by atoms with Crippen LogP contribution < -0.4 is 4.80 Å². The molecule has 0 aliphatic heterocycles.